The number of rotatable bonds is 2. The van der Waals surface area contributed by atoms with Crippen LogP contribution in [0, 0.1) is 0 Å². The van der Waals surface area contributed by atoms with Gasteiger partial charge in [-0.25, -0.2) is 0 Å². The minimum absolute atomic E-state index is 0.0312. The van der Waals surface area contributed by atoms with Gasteiger partial charge in [0, 0.05) is 11.5 Å². The molecule has 0 aromatic carbocycles. The van der Waals surface area contributed by atoms with E-state index in [2.05, 4.69) is 15.8 Å². The van der Waals surface area contributed by atoms with Crippen LogP contribution >= 0.6 is 0 Å². The van der Waals surface area contributed by atoms with E-state index >= 15 is 0 Å². The Morgan fingerprint density at radius 3 is 2.63 bits per heavy atom. The molecular weight excluding hydrogens is 242 g/mol. The molecule has 0 spiro atoms. The largest absolute Gasteiger partial charge is 0.359 e. The van der Waals surface area contributed by atoms with Crippen LogP contribution in [-0.4, -0.2) is 23.7 Å². The summed E-state index contributed by atoms with van der Waals surface area (Å²) in [6.07, 6.45) is 1.93. The van der Waals surface area contributed by atoms with E-state index < -0.39 is 0 Å². The molecule has 1 unspecified atom stereocenters. The monoisotopic (exact) mass is 267 g/mol. The molecule has 0 bridgehead atoms. The van der Waals surface area contributed by atoms with Gasteiger partial charge in [-0.3, -0.25) is 4.79 Å². The zero-order valence-electron chi connectivity index (χ0n) is 12.5. The summed E-state index contributed by atoms with van der Waals surface area (Å²) in [7, 11) is 0. The molecule has 2 heterocycles. The molecule has 1 amide bonds. The average Bonchev–Trinajstić information content (AvgIpc) is 3.01. The second-order valence-electron chi connectivity index (χ2n) is 5.46. The Balaban J connectivity index is 0.000000861. The topological polar surface area (TPSA) is 67.2 Å². The van der Waals surface area contributed by atoms with E-state index in [1.54, 1.807) is 6.07 Å². The summed E-state index contributed by atoms with van der Waals surface area (Å²) in [6, 6.07) is 1.69. The molecule has 1 aromatic heterocycles. The molecule has 5 nitrogen and oxygen atoms in total. The van der Waals surface area contributed by atoms with Crippen LogP contribution in [0.2, 0.25) is 0 Å². The molecule has 2 N–H and O–H groups in total. The van der Waals surface area contributed by atoms with E-state index in [0.717, 1.165) is 25.1 Å². The summed E-state index contributed by atoms with van der Waals surface area (Å²) in [5.41, 5.74) is -0.0956. The smallest absolute Gasteiger partial charge is 0.242 e. The maximum absolute atomic E-state index is 11.8. The molecule has 1 aliphatic rings. The van der Waals surface area contributed by atoms with Crippen LogP contribution < -0.4 is 10.6 Å². The van der Waals surface area contributed by atoms with Crippen LogP contribution in [0.5, 0.6) is 0 Å². The minimum atomic E-state index is -0.0956. The van der Waals surface area contributed by atoms with Gasteiger partial charge in [0.25, 0.3) is 0 Å². The number of hydrogen-bond acceptors (Lipinski definition) is 4. The van der Waals surface area contributed by atoms with Crippen molar-refractivity contribution in [2.45, 2.75) is 58.9 Å². The molecule has 0 radical (unpaired) electrons. The molecule has 1 atom stereocenters. The van der Waals surface area contributed by atoms with Crippen LogP contribution in [0.25, 0.3) is 0 Å². The van der Waals surface area contributed by atoms with Crippen LogP contribution in [0.1, 0.15) is 53.2 Å². The van der Waals surface area contributed by atoms with E-state index in [0.29, 0.717) is 5.82 Å². The van der Waals surface area contributed by atoms with Gasteiger partial charge < -0.3 is 15.2 Å². The van der Waals surface area contributed by atoms with Crippen LogP contribution in [-0.2, 0) is 10.2 Å². The van der Waals surface area contributed by atoms with Crippen molar-refractivity contribution >= 4 is 11.7 Å². The Morgan fingerprint density at radius 1 is 1.47 bits per heavy atom. The summed E-state index contributed by atoms with van der Waals surface area (Å²) >= 11 is 0. The lowest BCUT2D eigenvalue weighted by Gasteiger charge is -2.12. The van der Waals surface area contributed by atoms with E-state index in [1.807, 2.05) is 34.6 Å². The molecule has 1 fully saturated rings. The quantitative estimate of drug-likeness (QED) is 0.864. The third-order valence-electron chi connectivity index (χ3n) is 2.88. The summed E-state index contributed by atoms with van der Waals surface area (Å²) < 4.78 is 5.21. The highest BCUT2D eigenvalue weighted by Gasteiger charge is 2.24. The fraction of sp³-hybridized carbons (Fsp3) is 0.714. The fourth-order valence-electron chi connectivity index (χ4n) is 1.81. The van der Waals surface area contributed by atoms with Crippen molar-refractivity contribution in [3.05, 3.63) is 11.8 Å². The van der Waals surface area contributed by atoms with Crippen LogP contribution in [0.3, 0.4) is 0 Å². The Labute approximate surface area is 115 Å². The summed E-state index contributed by atoms with van der Waals surface area (Å²) in [6.45, 7) is 11.0. The molecule has 108 valence electrons. The van der Waals surface area contributed by atoms with Crippen LogP contribution in [0.15, 0.2) is 10.6 Å². The van der Waals surface area contributed by atoms with E-state index in [-0.39, 0.29) is 17.4 Å². The first-order valence-corrected chi connectivity index (χ1v) is 6.98. The maximum Gasteiger partial charge on any atom is 0.242 e. The third-order valence-corrected chi connectivity index (χ3v) is 2.88. The van der Waals surface area contributed by atoms with Gasteiger partial charge in [-0.15, -0.1) is 0 Å². The van der Waals surface area contributed by atoms with Gasteiger partial charge in [0.05, 0.1) is 6.04 Å². The van der Waals surface area contributed by atoms with Crippen molar-refractivity contribution in [3.63, 3.8) is 0 Å². The lowest BCUT2D eigenvalue weighted by Crippen LogP contribution is -2.35. The highest BCUT2D eigenvalue weighted by molar-refractivity contribution is 5.94. The highest BCUT2D eigenvalue weighted by atomic mass is 16.5. The van der Waals surface area contributed by atoms with Gasteiger partial charge in [-0.1, -0.05) is 39.8 Å². The lowest BCUT2D eigenvalue weighted by atomic mass is 9.93. The van der Waals surface area contributed by atoms with Crippen molar-refractivity contribution in [3.8, 4) is 0 Å². The summed E-state index contributed by atoms with van der Waals surface area (Å²) in [5.74, 6) is 1.23. The first-order valence-electron chi connectivity index (χ1n) is 6.98. The van der Waals surface area contributed by atoms with Gasteiger partial charge in [0.2, 0.25) is 5.91 Å². The van der Waals surface area contributed by atoms with Gasteiger partial charge >= 0.3 is 0 Å². The van der Waals surface area contributed by atoms with Crippen molar-refractivity contribution in [2.75, 3.05) is 11.9 Å². The first kappa shape index (κ1) is 15.7. The lowest BCUT2D eigenvalue weighted by molar-refractivity contribution is -0.117. The molecule has 0 aliphatic carbocycles. The molecular formula is C14H25N3O2. The van der Waals surface area contributed by atoms with Crippen molar-refractivity contribution in [2.24, 2.45) is 0 Å². The molecule has 5 heteroatoms. The Morgan fingerprint density at radius 2 is 2.16 bits per heavy atom. The van der Waals surface area contributed by atoms with Crippen LogP contribution in [0.4, 0.5) is 5.82 Å². The van der Waals surface area contributed by atoms with E-state index in [1.165, 1.54) is 0 Å². The van der Waals surface area contributed by atoms with Crippen molar-refractivity contribution in [1.29, 1.82) is 0 Å². The summed E-state index contributed by atoms with van der Waals surface area (Å²) in [4.78, 5) is 11.8. The number of nitrogens with zero attached hydrogens (tertiary/aromatic N) is 1. The Kier molecular flexibility index (Phi) is 5.54. The van der Waals surface area contributed by atoms with Gasteiger partial charge in [-0.2, -0.15) is 0 Å². The molecule has 0 saturated carbocycles. The van der Waals surface area contributed by atoms with E-state index in [9.17, 15) is 4.79 Å². The van der Waals surface area contributed by atoms with Gasteiger partial charge in [0.15, 0.2) is 5.82 Å². The number of carbonyl (C=O) groups excluding carboxylic acids is 1. The maximum atomic E-state index is 11.8. The first-order chi connectivity index (χ1) is 8.97. The Bertz CT molecular complexity index is 401. The normalized spacial score (nSPS) is 18.7. The fourth-order valence-corrected chi connectivity index (χ4v) is 1.81. The standard InChI is InChI=1S/C12H19N3O2.C2H6/c1-12(2,3)9-7-10(15-17-9)14-11(16)8-5-4-6-13-8;1-2/h7-8,13H,4-6H2,1-3H3,(H,14,15,16);1-2H3. The predicted octanol–water partition coefficient (Wildman–Crippen LogP) is 2.69. The zero-order chi connectivity index (χ0) is 14.5. The van der Waals surface area contributed by atoms with Gasteiger partial charge in [0.1, 0.15) is 5.76 Å². The van der Waals surface area contributed by atoms with E-state index in [4.69, 9.17) is 4.52 Å². The minimum Gasteiger partial charge on any atom is -0.359 e. The molecule has 2 rings (SSSR count). The number of aromatic nitrogens is 1. The number of carbonyl (C=O) groups is 1. The number of anilines is 1. The number of hydrogen-bond donors (Lipinski definition) is 2. The number of amides is 1. The SMILES string of the molecule is CC.CC(C)(C)c1cc(NC(=O)C2CCCN2)no1. The number of nitrogens with one attached hydrogen (secondary N) is 2. The Hall–Kier alpha value is -1.36. The molecule has 1 aromatic rings. The summed E-state index contributed by atoms with van der Waals surface area (Å²) in [5, 5.41) is 9.77. The third kappa shape index (κ3) is 4.35. The van der Waals surface area contributed by atoms with Crippen molar-refractivity contribution < 1.29 is 9.32 Å². The predicted molar refractivity (Wildman–Crippen MR) is 76.2 cm³/mol. The zero-order valence-corrected chi connectivity index (χ0v) is 12.5. The second kappa shape index (κ2) is 6.70. The average molecular weight is 267 g/mol. The molecule has 1 saturated heterocycles. The molecule has 19 heavy (non-hydrogen) atoms. The molecule has 1 aliphatic heterocycles. The second-order valence-corrected chi connectivity index (χ2v) is 5.46. The van der Waals surface area contributed by atoms with Gasteiger partial charge in [-0.05, 0) is 19.4 Å². The van der Waals surface area contributed by atoms with Crippen molar-refractivity contribution in [1.82, 2.24) is 10.5 Å². The highest BCUT2D eigenvalue weighted by Crippen LogP contribution is 2.24.